The monoisotopic (exact) mass is 592 g/mol. The van der Waals surface area contributed by atoms with Crippen molar-refractivity contribution in [3.63, 3.8) is 0 Å². The van der Waals surface area contributed by atoms with E-state index in [-0.39, 0.29) is 18.4 Å². The van der Waals surface area contributed by atoms with Crippen LogP contribution >= 0.6 is 0 Å². The van der Waals surface area contributed by atoms with Crippen molar-refractivity contribution >= 4 is 29.8 Å². The van der Waals surface area contributed by atoms with Crippen LogP contribution in [0.15, 0.2) is 30.3 Å². The predicted octanol–water partition coefficient (Wildman–Crippen LogP) is 2.12. The van der Waals surface area contributed by atoms with Gasteiger partial charge in [-0.2, -0.15) is 0 Å². The van der Waals surface area contributed by atoms with Crippen LogP contribution in [0.1, 0.15) is 71.7 Å². The summed E-state index contributed by atoms with van der Waals surface area (Å²) in [4.78, 5) is 63.8. The van der Waals surface area contributed by atoms with Gasteiger partial charge < -0.3 is 33.9 Å². The molecule has 0 heterocycles. The lowest BCUT2D eigenvalue weighted by molar-refractivity contribution is -0.343. The Kier molecular flexibility index (Phi) is 9.73. The van der Waals surface area contributed by atoms with Crippen molar-refractivity contribution in [3.8, 4) is 0 Å². The fourth-order valence-electron chi connectivity index (χ4n) is 6.82. The largest absolute Gasteiger partial charge is 0.465 e. The van der Waals surface area contributed by atoms with Crippen LogP contribution in [0.4, 0.5) is 0 Å². The molecule has 2 aliphatic carbocycles. The van der Waals surface area contributed by atoms with Gasteiger partial charge in [0.25, 0.3) is 0 Å². The average Bonchev–Trinajstić information content (AvgIpc) is 2.86. The summed E-state index contributed by atoms with van der Waals surface area (Å²) in [6.45, 7) is 8.39. The molecule has 2 fully saturated rings. The summed E-state index contributed by atoms with van der Waals surface area (Å²) < 4.78 is 29.3. The van der Waals surface area contributed by atoms with Crippen LogP contribution in [0.25, 0.3) is 0 Å². The molecule has 2 saturated carbocycles. The van der Waals surface area contributed by atoms with E-state index < -0.39 is 89.3 Å². The standard InChI is InChI=1S/C30H40O12/c1-16-13-23(35)26(40-19(4)33)29(15-38-17(2)31)24(41-27(36)21-11-9-8-10-12-21)14-22(28(6,7)37)25(39-18(3)32)30(16,29)42-20(5)34/h8-12,16,22-26,35,37H,13-15H2,1-7H3. The molecule has 0 spiro atoms. The first kappa shape index (κ1) is 33.0. The number of hydrogen-bond acceptors (Lipinski definition) is 12. The summed E-state index contributed by atoms with van der Waals surface area (Å²) in [5.74, 6) is -5.90. The zero-order valence-electron chi connectivity index (χ0n) is 24.9. The zero-order chi connectivity index (χ0) is 31.6. The molecule has 2 N–H and O–H groups in total. The first-order valence-electron chi connectivity index (χ1n) is 13.8. The Balaban J connectivity index is 2.46. The Bertz CT molecular complexity index is 1190. The van der Waals surface area contributed by atoms with Gasteiger partial charge in [0.05, 0.1) is 17.3 Å². The van der Waals surface area contributed by atoms with E-state index in [2.05, 4.69) is 0 Å². The van der Waals surface area contributed by atoms with E-state index in [0.29, 0.717) is 0 Å². The third-order valence-corrected chi connectivity index (χ3v) is 8.32. The molecule has 2 aliphatic rings. The number of benzene rings is 1. The number of carbonyl (C=O) groups is 5. The number of carbonyl (C=O) groups excluding carboxylic acids is 5. The van der Waals surface area contributed by atoms with Gasteiger partial charge in [-0.1, -0.05) is 25.1 Å². The van der Waals surface area contributed by atoms with Crippen molar-refractivity contribution < 1.29 is 57.9 Å². The smallest absolute Gasteiger partial charge is 0.338 e. The number of rotatable bonds is 8. The highest BCUT2D eigenvalue weighted by Gasteiger charge is 2.79. The Labute approximate surface area is 244 Å². The average molecular weight is 593 g/mol. The van der Waals surface area contributed by atoms with E-state index in [1.54, 1.807) is 25.1 Å². The van der Waals surface area contributed by atoms with Crippen LogP contribution in [-0.2, 0) is 42.9 Å². The molecular formula is C30H40O12. The highest BCUT2D eigenvalue weighted by molar-refractivity contribution is 5.89. The summed E-state index contributed by atoms with van der Waals surface area (Å²) in [6.07, 6.45) is -6.14. The van der Waals surface area contributed by atoms with Gasteiger partial charge in [-0.15, -0.1) is 0 Å². The molecule has 232 valence electrons. The topological polar surface area (TPSA) is 172 Å². The maximum atomic E-state index is 13.5. The third kappa shape index (κ3) is 6.14. The van der Waals surface area contributed by atoms with Gasteiger partial charge in [-0.3, -0.25) is 19.2 Å². The molecule has 8 unspecified atom stereocenters. The number of esters is 5. The minimum absolute atomic E-state index is 0.122. The molecule has 0 bridgehead atoms. The second-order valence-electron chi connectivity index (χ2n) is 11.7. The Morgan fingerprint density at radius 2 is 1.43 bits per heavy atom. The van der Waals surface area contributed by atoms with Crippen molar-refractivity contribution in [1.29, 1.82) is 0 Å². The predicted molar refractivity (Wildman–Crippen MR) is 145 cm³/mol. The Morgan fingerprint density at radius 3 is 1.93 bits per heavy atom. The maximum Gasteiger partial charge on any atom is 0.338 e. The SMILES string of the molecule is CC(=O)OCC12C(OC(=O)c3ccccc3)CC(C(C)(C)O)C(OC(C)=O)C1(OC(C)=O)C(C)CC(O)C2OC(C)=O. The lowest BCUT2D eigenvalue weighted by Gasteiger charge is -2.66. The second kappa shape index (κ2) is 12.4. The van der Waals surface area contributed by atoms with Crippen LogP contribution < -0.4 is 0 Å². The molecule has 12 heteroatoms. The van der Waals surface area contributed by atoms with Crippen molar-refractivity contribution in [2.75, 3.05) is 6.61 Å². The number of hydrogen-bond donors (Lipinski definition) is 2. The first-order valence-corrected chi connectivity index (χ1v) is 13.8. The normalized spacial score (nSPS) is 32.5. The van der Waals surface area contributed by atoms with E-state index in [9.17, 15) is 34.2 Å². The molecule has 1 aromatic rings. The Morgan fingerprint density at radius 1 is 0.857 bits per heavy atom. The van der Waals surface area contributed by atoms with Crippen LogP contribution in [-0.4, -0.2) is 82.3 Å². The third-order valence-electron chi connectivity index (χ3n) is 8.32. The first-order chi connectivity index (χ1) is 19.5. The second-order valence-corrected chi connectivity index (χ2v) is 11.7. The number of fused-ring (bicyclic) bond motifs is 1. The molecule has 3 rings (SSSR count). The van der Waals surface area contributed by atoms with Crippen LogP contribution in [0.5, 0.6) is 0 Å². The van der Waals surface area contributed by atoms with Gasteiger partial charge in [0.1, 0.15) is 30.3 Å². The summed E-state index contributed by atoms with van der Waals surface area (Å²) >= 11 is 0. The molecule has 42 heavy (non-hydrogen) atoms. The Hall–Kier alpha value is -3.51. The fourth-order valence-corrected chi connectivity index (χ4v) is 6.82. The molecule has 12 nitrogen and oxygen atoms in total. The van der Waals surface area contributed by atoms with E-state index in [1.807, 2.05) is 0 Å². The molecule has 0 aliphatic heterocycles. The summed E-state index contributed by atoms with van der Waals surface area (Å²) in [5.41, 5.74) is -5.48. The summed E-state index contributed by atoms with van der Waals surface area (Å²) in [5, 5.41) is 22.8. The maximum absolute atomic E-state index is 13.5. The van der Waals surface area contributed by atoms with Gasteiger partial charge >= 0.3 is 29.8 Å². The van der Waals surface area contributed by atoms with Gasteiger partial charge in [0.2, 0.25) is 0 Å². The van der Waals surface area contributed by atoms with E-state index >= 15 is 0 Å². The van der Waals surface area contributed by atoms with Crippen molar-refractivity contribution in [2.45, 2.75) is 96.9 Å². The molecule has 0 aromatic heterocycles. The van der Waals surface area contributed by atoms with Crippen LogP contribution in [0.2, 0.25) is 0 Å². The minimum Gasteiger partial charge on any atom is -0.465 e. The number of aliphatic hydroxyl groups excluding tert-OH is 1. The van der Waals surface area contributed by atoms with Crippen molar-refractivity contribution in [3.05, 3.63) is 35.9 Å². The van der Waals surface area contributed by atoms with Crippen molar-refractivity contribution in [1.82, 2.24) is 0 Å². The lowest BCUT2D eigenvalue weighted by Crippen LogP contribution is -2.82. The molecule has 1 aromatic carbocycles. The van der Waals surface area contributed by atoms with Crippen LogP contribution in [0.3, 0.4) is 0 Å². The molecule has 0 radical (unpaired) electrons. The van der Waals surface area contributed by atoms with Gasteiger partial charge in [0.15, 0.2) is 5.60 Å². The molecule has 0 amide bonds. The number of ether oxygens (including phenoxy) is 5. The van der Waals surface area contributed by atoms with Crippen molar-refractivity contribution in [2.24, 2.45) is 17.3 Å². The van der Waals surface area contributed by atoms with E-state index in [0.717, 1.165) is 27.7 Å². The fraction of sp³-hybridized carbons (Fsp3) is 0.633. The quantitative estimate of drug-likeness (QED) is 0.333. The molecule has 0 saturated heterocycles. The zero-order valence-corrected chi connectivity index (χ0v) is 24.9. The number of aliphatic hydroxyl groups is 2. The molecule has 8 atom stereocenters. The van der Waals surface area contributed by atoms with E-state index in [1.165, 1.54) is 26.0 Å². The summed E-state index contributed by atoms with van der Waals surface area (Å²) in [7, 11) is 0. The highest BCUT2D eigenvalue weighted by atomic mass is 16.6. The lowest BCUT2D eigenvalue weighted by atomic mass is 9.46. The van der Waals surface area contributed by atoms with Gasteiger partial charge in [-0.25, -0.2) is 4.79 Å². The summed E-state index contributed by atoms with van der Waals surface area (Å²) in [6, 6.07) is 7.98. The van der Waals surface area contributed by atoms with Crippen LogP contribution in [0, 0.1) is 17.3 Å². The van der Waals surface area contributed by atoms with Gasteiger partial charge in [0, 0.05) is 39.5 Å². The van der Waals surface area contributed by atoms with Gasteiger partial charge in [-0.05, 0) is 38.8 Å². The molecular weight excluding hydrogens is 552 g/mol. The van der Waals surface area contributed by atoms with E-state index in [4.69, 9.17) is 23.7 Å². The highest BCUT2D eigenvalue weighted by Crippen LogP contribution is 2.63. The minimum atomic E-state index is -2.04.